The molecule has 0 aliphatic carbocycles. The zero-order valence-corrected chi connectivity index (χ0v) is 16.0. The van der Waals surface area contributed by atoms with Gasteiger partial charge in [-0.2, -0.15) is 0 Å². The molecule has 0 aliphatic heterocycles. The third kappa shape index (κ3) is 4.04. The summed E-state index contributed by atoms with van der Waals surface area (Å²) in [4.78, 5) is 17.5. The number of fused-ring (bicyclic) bond motifs is 1. The number of carbonyl (C=O) groups is 1. The number of H-pyrrole nitrogens is 1. The molecule has 130 valence electrons. The van der Waals surface area contributed by atoms with Crippen molar-refractivity contribution in [3.05, 3.63) is 64.3 Å². The molecule has 0 aliphatic rings. The third-order valence-electron chi connectivity index (χ3n) is 4.36. The fraction of sp³-hybridized carbons (Fsp3) is 0.250. The molecule has 0 spiro atoms. The van der Waals surface area contributed by atoms with Gasteiger partial charge in [-0.3, -0.25) is 4.79 Å². The van der Waals surface area contributed by atoms with Crippen molar-refractivity contribution in [1.82, 2.24) is 9.88 Å². The van der Waals surface area contributed by atoms with Crippen LogP contribution in [-0.2, 0) is 17.8 Å². The van der Waals surface area contributed by atoms with Gasteiger partial charge in [-0.05, 0) is 36.2 Å². The molecular formula is C20H21BrN2O2. The van der Waals surface area contributed by atoms with E-state index in [1.54, 1.807) is 12.0 Å². The SMILES string of the molecule is COc1ccc(Br)cc1CN(C)C(=O)CCc1c[nH]c2ccccc12. The Labute approximate surface area is 155 Å². The van der Waals surface area contributed by atoms with Crippen LogP contribution in [0.25, 0.3) is 10.9 Å². The molecule has 4 nitrogen and oxygen atoms in total. The van der Waals surface area contributed by atoms with Crippen LogP contribution in [0.4, 0.5) is 0 Å². The minimum Gasteiger partial charge on any atom is -0.496 e. The Morgan fingerprint density at radius 2 is 2.00 bits per heavy atom. The maximum Gasteiger partial charge on any atom is 0.222 e. The number of methoxy groups -OCH3 is 1. The number of carbonyl (C=O) groups excluding carboxylic acids is 1. The van der Waals surface area contributed by atoms with E-state index < -0.39 is 0 Å². The van der Waals surface area contributed by atoms with E-state index in [0.717, 1.165) is 27.7 Å². The van der Waals surface area contributed by atoms with Crippen LogP contribution in [0.15, 0.2) is 53.1 Å². The number of nitrogens with one attached hydrogen (secondary N) is 1. The average molecular weight is 401 g/mol. The Hall–Kier alpha value is -2.27. The van der Waals surface area contributed by atoms with Crippen molar-refractivity contribution < 1.29 is 9.53 Å². The van der Waals surface area contributed by atoms with Gasteiger partial charge in [0.2, 0.25) is 5.91 Å². The lowest BCUT2D eigenvalue weighted by Crippen LogP contribution is -2.26. The van der Waals surface area contributed by atoms with Gasteiger partial charge >= 0.3 is 0 Å². The van der Waals surface area contributed by atoms with Gasteiger partial charge in [-0.15, -0.1) is 0 Å². The Balaban J connectivity index is 1.64. The molecule has 1 heterocycles. The summed E-state index contributed by atoms with van der Waals surface area (Å²) >= 11 is 3.47. The van der Waals surface area contributed by atoms with Crippen molar-refractivity contribution in [2.75, 3.05) is 14.2 Å². The number of halogens is 1. The fourth-order valence-electron chi connectivity index (χ4n) is 2.99. The number of benzene rings is 2. The lowest BCUT2D eigenvalue weighted by Gasteiger charge is -2.19. The first-order valence-corrected chi connectivity index (χ1v) is 8.99. The number of para-hydroxylation sites is 1. The highest BCUT2D eigenvalue weighted by molar-refractivity contribution is 9.10. The summed E-state index contributed by atoms with van der Waals surface area (Å²) in [6, 6.07) is 14.0. The minimum absolute atomic E-state index is 0.118. The second kappa shape index (κ2) is 7.74. The summed E-state index contributed by atoms with van der Waals surface area (Å²) in [5.41, 5.74) is 3.27. The summed E-state index contributed by atoms with van der Waals surface area (Å²) in [7, 11) is 3.48. The largest absolute Gasteiger partial charge is 0.496 e. The molecule has 0 atom stereocenters. The van der Waals surface area contributed by atoms with Gasteiger partial charge in [0.25, 0.3) is 0 Å². The van der Waals surface area contributed by atoms with Crippen LogP contribution >= 0.6 is 15.9 Å². The Kier molecular flexibility index (Phi) is 5.43. The standard InChI is InChI=1S/C20H21BrN2O2/c1-23(13-15-11-16(21)8-9-19(15)25-2)20(24)10-7-14-12-22-18-6-4-3-5-17(14)18/h3-6,8-9,11-12,22H,7,10,13H2,1-2H3. The molecule has 1 amide bonds. The van der Waals surface area contributed by atoms with Crippen molar-refractivity contribution >= 4 is 32.7 Å². The molecule has 2 aromatic carbocycles. The first-order chi connectivity index (χ1) is 12.1. The molecular weight excluding hydrogens is 380 g/mol. The normalized spacial score (nSPS) is 10.8. The summed E-state index contributed by atoms with van der Waals surface area (Å²) < 4.78 is 6.36. The van der Waals surface area contributed by atoms with Gasteiger partial charge in [-0.1, -0.05) is 34.1 Å². The molecule has 1 aromatic heterocycles. The molecule has 3 aromatic rings. The predicted molar refractivity (Wildman–Crippen MR) is 104 cm³/mol. The van der Waals surface area contributed by atoms with Gasteiger partial charge in [-0.25, -0.2) is 0 Å². The summed E-state index contributed by atoms with van der Waals surface area (Å²) in [6.07, 6.45) is 3.20. The molecule has 0 saturated carbocycles. The number of rotatable bonds is 6. The molecule has 0 saturated heterocycles. The number of aromatic nitrogens is 1. The molecule has 0 bridgehead atoms. The van der Waals surface area contributed by atoms with Crippen molar-refractivity contribution in [3.8, 4) is 5.75 Å². The topological polar surface area (TPSA) is 45.3 Å². The highest BCUT2D eigenvalue weighted by atomic mass is 79.9. The van der Waals surface area contributed by atoms with E-state index in [4.69, 9.17) is 4.74 Å². The van der Waals surface area contributed by atoms with E-state index in [9.17, 15) is 4.79 Å². The van der Waals surface area contributed by atoms with Gasteiger partial charge < -0.3 is 14.6 Å². The van der Waals surface area contributed by atoms with Crippen molar-refractivity contribution in [3.63, 3.8) is 0 Å². The molecule has 3 rings (SSSR count). The van der Waals surface area contributed by atoms with Crippen LogP contribution in [0.1, 0.15) is 17.5 Å². The van der Waals surface area contributed by atoms with Gasteiger partial charge in [0.1, 0.15) is 5.75 Å². The molecule has 0 fully saturated rings. The Morgan fingerprint density at radius 3 is 2.80 bits per heavy atom. The summed E-state index contributed by atoms with van der Waals surface area (Å²) in [5.74, 6) is 0.909. The molecule has 1 N–H and O–H groups in total. The fourth-order valence-corrected chi connectivity index (χ4v) is 3.39. The monoisotopic (exact) mass is 400 g/mol. The predicted octanol–water partition coefficient (Wildman–Crippen LogP) is 4.53. The van der Waals surface area contributed by atoms with Gasteiger partial charge in [0.15, 0.2) is 0 Å². The highest BCUT2D eigenvalue weighted by Crippen LogP contribution is 2.24. The Bertz CT molecular complexity index is 888. The Morgan fingerprint density at radius 1 is 1.20 bits per heavy atom. The van der Waals surface area contributed by atoms with Crippen molar-refractivity contribution in [2.45, 2.75) is 19.4 Å². The third-order valence-corrected chi connectivity index (χ3v) is 4.85. The molecule has 0 radical (unpaired) electrons. The van der Waals surface area contributed by atoms with E-state index in [1.807, 2.05) is 49.6 Å². The second-order valence-electron chi connectivity index (χ2n) is 6.07. The van der Waals surface area contributed by atoms with E-state index in [2.05, 4.69) is 27.0 Å². The summed E-state index contributed by atoms with van der Waals surface area (Å²) in [5, 5.41) is 1.19. The van der Waals surface area contributed by atoms with Crippen molar-refractivity contribution in [1.29, 1.82) is 0 Å². The average Bonchev–Trinajstić information content (AvgIpc) is 3.03. The second-order valence-corrected chi connectivity index (χ2v) is 6.98. The number of nitrogens with zero attached hydrogens (tertiary/aromatic N) is 1. The van der Waals surface area contributed by atoms with E-state index in [1.165, 1.54) is 10.9 Å². The molecule has 5 heteroatoms. The quantitative estimate of drug-likeness (QED) is 0.660. The van der Waals surface area contributed by atoms with Crippen LogP contribution in [-0.4, -0.2) is 29.9 Å². The smallest absolute Gasteiger partial charge is 0.222 e. The molecule has 0 unspecified atom stereocenters. The first-order valence-electron chi connectivity index (χ1n) is 8.20. The number of aryl methyl sites for hydroxylation is 1. The molecule has 25 heavy (non-hydrogen) atoms. The lowest BCUT2D eigenvalue weighted by atomic mass is 10.1. The van der Waals surface area contributed by atoms with Crippen LogP contribution < -0.4 is 4.74 Å². The maximum atomic E-state index is 12.5. The summed E-state index contributed by atoms with van der Waals surface area (Å²) in [6.45, 7) is 0.523. The van der Waals surface area contributed by atoms with Crippen molar-refractivity contribution in [2.24, 2.45) is 0 Å². The number of hydrogen-bond acceptors (Lipinski definition) is 2. The maximum absolute atomic E-state index is 12.5. The number of hydrogen-bond donors (Lipinski definition) is 1. The zero-order valence-electron chi connectivity index (χ0n) is 14.4. The van der Waals surface area contributed by atoms with Gasteiger partial charge in [0, 0.05) is 47.1 Å². The minimum atomic E-state index is 0.118. The van der Waals surface area contributed by atoms with Crippen LogP contribution in [0, 0.1) is 0 Å². The van der Waals surface area contributed by atoms with Crippen LogP contribution in [0.3, 0.4) is 0 Å². The zero-order chi connectivity index (χ0) is 17.8. The van der Waals surface area contributed by atoms with Crippen LogP contribution in [0.5, 0.6) is 5.75 Å². The number of aromatic amines is 1. The van der Waals surface area contributed by atoms with E-state index in [0.29, 0.717) is 13.0 Å². The first kappa shape index (κ1) is 17.5. The van der Waals surface area contributed by atoms with Crippen LogP contribution in [0.2, 0.25) is 0 Å². The highest BCUT2D eigenvalue weighted by Gasteiger charge is 2.13. The number of amides is 1. The van der Waals surface area contributed by atoms with Gasteiger partial charge in [0.05, 0.1) is 7.11 Å². The lowest BCUT2D eigenvalue weighted by molar-refractivity contribution is -0.130. The number of ether oxygens (including phenoxy) is 1. The van der Waals surface area contributed by atoms with E-state index in [-0.39, 0.29) is 5.91 Å². The van der Waals surface area contributed by atoms with E-state index >= 15 is 0 Å².